The molecule has 4 heterocycles. The first-order valence-corrected chi connectivity index (χ1v) is 9.46. The van der Waals surface area contributed by atoms with Crippen LogP contribution < -0.4 is 15.5 Å². The van der Waals surface area contributed by atoms with Gasteiger partial charge in [-0.25, -0.2) is 9.97 Å². The number of anilines is 2. The van der Waals surface area contributed by atoms with E-state index in [-0.39, 0.29) is 12.6 Å². The molecular weight excluding hydrogens is 378 g/mol. The summed E-state index contributed by atoms with van der Waals surface area (Å²) in [5.41, 5.74) is 5.63. The van der Waals surface area contributed by atoms with E-state index in [0.717, 1.165) is 50.7 Å². The average Bonchev–Trinajstić information content (AvgIpc) is 3.03. The normalized spacial score (nSPS) is 17.0. The number of hydrogen-bond acceptors (Lipinski definition) is 8. The second-order valence-electron chi connectivity index (χ2n) is 6.88. The first kappa shape index (κ1) is 20.5. The Hall–Kier alpha value is -3.21. The van der Waals surface area contributed by atoms with Gasteiger partial charge in [-0.15, -0.1) is 0 Å². The molecule has 0 bridgehead atoms. The van der Waals surface area contributed by atoms with Crippen molar-refractivity contribution in [3.05, 3.63) is 30.0 Å². The number of primary amides is 1. The van der Waals surface area contributed by atoms with Crippen LogP contribution in [0.2, 0.25) is 0 Å². The van der Waals surface area contributed by atoms with Gasteiger partial charge < -0.3 is 30.3 Å². The van der Waals surface area contributed by atoms with Crippen molar-refractivity contribution in [2.45, 2.75) is 31.9 Å². The van der Waals surface area contributed by atoms with Crippen LogP contribution >= 0.6 is 0 Å². The zero-order valence-electron chi connectivity index (χ0n) is 16.0. The molecule has 0 aliphatic carbocycles. The average molecular weight is 403 g/mol. The van der Waals surface area contributed by atoms with Crippen LogP contribution in [0, 0.1) is 0 Å². The molecule has 1 fully saturated rings. The van der Waals surface area contributed by atoms with Crippen LogP contribution in [0.4, 0.5) is 11.8 Å². The fourth-order valence-corrected chi connectivity index (χ4v) is 3.50. The van der Waals surface area contributed by atoms with Crippen molar-refractivity contribution in [1.82, 2.24) is 19.5 Å². The summed E-state index contributed by atoms with van der Waals surface area (Å²) >= 11 is 0. The fourth-order valence-electron chi connectivity index (χ4n) is 3.50. The van der Waals surface area contributed by atoms with Crippen LogP contribution in [0.3, 0.4) is 0 Å². The summed E-state index contributed by atoms with van der Waals surface area (Å²) in [6.07, 6.45) is 5.55. The highest BCUT2D eigenvalue weighted by Crippen LogP contribution is 2.21. The van der Waals surface area contributed by atoms with Crippen LogP contribution in [-0.2, 0) is 17.8 Å². The van der Waals surface area contributed by atoms with Gasteiger partial charge in [0.1, 0.15) is 17.3 Å². The maximum atomic E-state index is 11.3. The van der Waals surface area contributed by atoms with Crippen molar-refractivity contribution in [3.8, 4) is 0 Å². The zero-order valence-corrected chi connectivity index (χ0v) is 16.0. The number of fused-ring (bicyclic) bond motifs is 1. The van der Waals surface area contributed by atoms with Gasteiger partial charge in [-0.1, -0.05) is 0 Å². The lowest BCUT2D eigenvalue weighted by Crippen LogP contribution is -2.37. The predicted molar refractivity (Wildman–Crippen MR) is 105 cm³/mol. The Morgan fingerprint density at radius 3 is 2.55 bits per heavy atom. The molecule has 2 aliphatic rings. The molecule has 4 rings (SSSR count). The van der Waals surface area contributed by atoms with Gasteiger partial charge in [0.25, 0.3) is 12.4 Å². The molecule has 0 atom stereocenters. The van der Waals surface area contributed by atoms with E-state index in [1.54, 1.807) is 12.4 Å². The Bertz CT molecular complexity index is 823. The maximum absolute atomic E-state index is 11.3. The Balaban J connectivity index is 0.000000755. The molecule has 2 aliphatic heterocycles. The smallest absolute Gasteiger partial charge is 0.290 e. The van der Waals surface area contributed by atoms with Gasteiger partial charge in [0.15, 0.2) is 0 Å². The van der Waals surface area contributed by atoms with E-state index in [1.807, 2.05) is 10.6 Å². The summed E-state index contributed by atoms with van der Waals surface area (Å²) in [5, 5.41) is 16.6. The second-order valence-corrected chi connectivity index (χ2v) is 6.88. The molecular formula is C18H25N7O4. The third-order valence-electron chi connectivity index (χ3n) is 5.03. The monoisotopic (exact) mass is 403 g/mol. The largest absolute Gasteiger partial charge is 0.483 e. The minimum Gasteiger partial charge on any atom is -0.483 e. The highest BCUT2D eigenvalue weighted by atomic mass is 16.3. The number of aliphatic hydroxyl groups excluding tert-OH is 1. The standard InChI is InChI=1S/C17H23N7O2.CH2O2/c18-16(26)13-11-24-10-9-23(8-4-15(24)20-13)17-19-5-1-14(21-17)22-6-2-12(25)3-7-22;2-1-3/h1,5,11-12,25H,2-4,6-10H2,(H2,18,26);1H,(H,2,3). The number of carbonyl (C=O) groups excluding carboxylic acids is 1. The molecule has 0 aromatic carbocycles. The van der Waals surface area contributed by atoms with Gasteiger partial charge in [-0.05, 0) is 18.9 Å². The molecule has 0 spiro atoms. The van der Waals surface area contributed by atoms with Crippen LogP contribution in [0.1, 0.15) is 29.2 Å². The molecule has 0 saturated carbocycles. The van der Waals surface area contributed by atoms with Crippen molar-refractivity contribution in [1.29, 1.82) is 0 Å². The minimum absolute atomic E-state index is 0.203. The first-order valence-electron chi connectivity index (χ1n) is 9.46. The third-order valence-corrected chi connectivity index (χ3v) is 5.03. The van der Waals surface area contributed by atoms with Crippen molar-refractivity contribution >= 4 is 24.1 Å². The van der Waals surface area contributed by atoms with E-state index >= 15 is 0 Å². The van der Waals surface area contributed by atoms with E-state index in [0.29, 0.717) is 24.6 Å². The summed E-state index contributed by atoms with van der Waals surface area (Å²) in [4.78, 5) is 37.5. The molecule has 2 aromatic heterocycles. The third kappa shape index (κ3) is 4.99. The number of hydrogen-bond donors (Lipinski definition) is 3. The Morgan fingerprint density at radius 1 is 1.14 bits per heavy atom. The van der Waals surface area contributed by atoms with Gasteiger partial charge in [0.05, 0.1) is 6.10 Å². The Labute approximate surface area is 167 Å². The Morgan fingerprint density at radius 2 is 1.86 bits per heavy atom. The number of carbonyl (C=O) groups is 2. The number of nitrogens with two attached hydrogens (primary N) is 1. The van der Waals surface area contributed by atoms with E-state index in [1.165, 1.54) is 0 Å². The SMILES string of the molecule is NC(=O)c1cn2c(n1)CCN(c1nccc(N3CCC(O)CC3)n1)CC2.O=CO. The molecule has 11 nitrogen and oxygen atoms in total. The summed E-state index contributed by atoms with van der Waals surface area (Å²) in [6.45, 7) is 3.55. The molecule has 0 radical (unpaired) electrons. The van der Waals surface area contributed by atoms with E-state index < -0.39 is 5.91 Å². The maximum Gasteiger partial charge on any atom is 0.290 e. The highest BCUT2D eigenvalue weighted by molar-refractivity contribution is 5.90. The number of imidazole rings is 1. The zero-order chi connectivity index (χ0) is 20.8. The predicted octanol–water partition coefficient (Wildman–Crippen LogP) is -0.503. The molecule has 11 heteroatoms. The number of aromatic nitrogens is 4. The van der Waals surface area contributed by atoms with Gasteiger partial charge >= 0.3 is 0 Å². The number of carboxylic acid groups (broad SMARTS) is 1. The van der Waals surface area contributed by atoms with Crippen molar-refractivity contribution in [3.63, 3.8) is 0 Å². The number of nitrogens with zero attached hydrogens (tertiary/aromatic N) is 6. The fraction of sp³-hybridized carbons (Fsp3) is 0.500. The van der Waals surface area contributed by atoms with Crippen molar-refractivity contribution < 1.29 is 19.8 Å². The van der Waals surface area contributed by atoms with Gasteiger partial charge in [0.2, 0.25) is 5.95 Å². The van der Waals surface area contributed by atoms with Crippen molar-refractivity contribution in [2.75, 3.05) is 36.0 Å². The van der Waals surface area contributed by atoms with E-state index in [4.69, 9.17) is 20.6 Å². The topological polar surface area (TPSA) is 151 Å². The molecule has 2 aromatic rings. The van der Waals surface area contributed by atoms with Crippen LogP contribution in [-0.4, -0.2) is 74.4 Å². The van der Waals surface area contributed by atoms with Crippen LogP contribution in [0.5, 0.6) is 0 Å². The minimum atomic E-state index is -0.495. The highest BCUT2D eigenvalue weighted by Gasteiger charge is 2.22. The quantitative estimate of drug-likeness (QED) is 0.576. The lowest BCUT2D eigenvalue weighted by molar-refractivity contribution is -0.122. The summed E-state index contributed by atoms with van der Waals surface area (Å²) < 4.78 is 1.98. The lowest BCUT2D eigenvalue weighted by atomic mass is 10.1. The van der Waals surface area contributed by atoms with Crippen LogP contribution in [0.25, 0.3) is 0 Å². The number of piperidine rings is 1. The molecule has 1 amide bonds. The molecule has 1 saturated heterocycles. The number of amides is 1. The van der Waals surface area contributed by atoms with Crippen molar-refractivity contribution in [2.24, 2.45) is 5.73 Å². The van der Waals surface area contributed by atoms with Gasteiger partial charge in [-0.3, -0.25) is 9.59 Å². The molecule has 4 N–H and O–H groups in total. The van der Waals surface area contributed by atoms with Gasteiger partial charge in [0, 0.05) is 51.5 Å². The lowest BCUT2D eigenvalue weighted by Gasteiger charge is -2.31. The first-order chi connectivity index (χ1) is 14.0. The number of rotatable bonds is 3. The molecule has 156 valence electrons. The Kier molecular flexibility index (Phi) is 6.60. The van der Waals surface area contributed by atoms with E-state index in [2.05, 4.69) is 19.8 Å². The van der Waals surface area contributed by atoms with Gasteiger partial charge in [-0.2, -0.15) is 4.98 Å². The summed E-state index contributed by atoms with van der Waals surface area (Å²) in [6, 6.07) is 1.92. The molecule has 0 unspecified atom stereocenters. The van der Waals surface area contributed by atoms with Crippen LogP contribution in [0.15, 0.2) is 18.5 Å². The second kappa shape index (κ2) is 9.32. The summed E-state index contributed by atoms with van der Waals surface area (Å²) in [5.74, 6) is 1.97. The number of aliphatic hydroxyl groups is 1. The summed E-state index contributed by atoms with van der Waals surface area (Å²) in [7, 11) is 0. The molecule has 29 heavy (non-hydrogen) atoms. The van der Waals surface area contributed by atoms with E-state index in [9.17, 15) is 9.90 Å².